The van der Waals surface area contributed by atoms with Crippen LogP contribution in [0.4, 0.5) is 8.78 Å². The molecule has 0 radical (unpaired) electrons. The van der Waals surface area contributed by atoms with E-state index < -0.39 is 17.5 Å². The molecular formula is C21H24F2N2O3. The fourth-order valence-corrected chi connectivity index (χ4v) is 2.53. The number of halogens is 2. The third-order valence-corrected chi connectivity index (χ3v) is 4.14. The monoisotopic (exact) mass is 390 g/mol. The molecule has 0 spiro atoms. The first-order valence-corrected chi connectivity index (χ1v) is 9.03. The zero-order valence-corrected chi connectivity index (χ0v) is 16.0. The molecule has 0 saturated heterocycles. The summed E-state index contributed by atoms with van der Waals surface area (Å²) < 4.78 is 32.0. The van der Waals surface area contributed by atoms with Crippen LogP contribution in [0.1, 0.15) is 28.8 Å². The van der Waals surface area contributed by atoms with Crippen LogP contribution in [0.2, 0.25) is 0 Å². The fraction of sp³-hybridized carbons (Fsp3) is 0.333. The minimum absolute atomic E-state index is 0.0740. The van der Waals surface area contributed by atoms with E-state index in [4.69, 9.17) is 4.74 Å². The number of likely N-dealkylation sites (N-methyl/N-ethyl adjacent to an activating group) is 1. The Hall–Kier alpha value is -2.96. The van der Waals surface area contributed by atoms with Crippen molar-refractivity contribution in [1.82, 2.24) is 10.2 Å². The highest BCUT2D eigenvalue weighted by Gasteiger charge is 2.13. The average Bonchev–Trinajstić information content (AvgIpc) is 2.64. The minimum Gasteiger partial charge on any atom is -0.492 e. The van der Waals surface area contributed by atoms with Crippen LogP contribution in [0.5, 0.6) is 5.75 Å². The molecule has 0 fully saturated rings. The Balaban J connectivity index is 1.65. The lowest BCUT2D eigenvalue weighted by Crippen LogP contribution is -2.32. The molecule has 0 saturated carbocycles. The number of nitrogens with zero attached hydrogens (tertiary/aromatic N) is 1. The van der Waals surface area contributed by atoms with Gasteiger partial charge in [-0.1, -0.05) is 12.1 Å². The van der Waals surface area contributed by atoms with Gasteiger partial charge in [0.05, 0.1) is 12.1 Å². The van der Waals surface area contributed by atoms with Crippen LogP contribution >= 0.6 is 0 Å². The number of nitrogens with one attached hydrogen (secondary N) is 1. The zero-order valence-electron chi connectivity index (χ0n) is 16.0. The number of rotatable bonds is 9. The quantitative estimate of drug-likeness (QED) is 0.669. The van der Waals surface area contributed by atoms with Gasteiger partial charge in [-0.15, -0.1) is 0 Å². The second kappa shape index (κ2) is 10.4. The van der Waals surface area contributed by atoms with Gasteiger partial charge in [0.25, 0.3) is 5.91 Å². The van der Waals surface area contributed by atoms with Crippen molar-refractivity contribution in [3.8, 4) is 5.75 Å². The van der Waals surface area contributed by atoms with E-state index in [2.05, 4.69) is 5.32 Å². The average molecular weight is 390 g/mol. The van der Waals surface area contributed by atoms with Crippen LogP contribution in [0.25, 0.3) is 0 Å². The van der Waals surface area contributed by atoms with Gasteiger partial charge in [0.2, 0.25) is 5.91 Å². The Morgan fingerprint density at radius 1 is 1.14 bits per heavy atom. The van der Waals surface area contributed by atoms with Gasteiger partial charge in [-0.05, 0) is 43.2 Å². The summed E-state index contributed by atoms with van der Waals surface area (Å²) in [7, 11) is 1.69. The fourth-order valence-electron chi connectivity index (χ4n) is 2.53. The van der Waals surface area contributed by atoms with Crippen molar-refractivity contribution < 1.29 is 23.1 Å². The molecule has 0 bridgehead atoms. The number of ether oxygens (including phenoxy) is 1. The molecular weight excluding hydrogens is 366 g/mol. The van der Waals surface area contributed by atoms with E-state index in [9.17, 15) is 18.4 Å². The molecule has 0 aliphatic rings. The molecule has 7 heteroatoms. The highest BCUT2D eigenvalue weighted by atomic mass is 19.1. The van der Waals surface area contributed by atoms with E-state index in [0.717, 1.165) is 23.4 Å². The van der Waals surface area contributed by atoms with E-state index in [1.165, 1.54) is 0 Å². The summed E-state index contributed by atoms with van der Waals surface area (Å²) in [6.45, 7) is 3.02. The van der Waals surface area contributed by atoms with E-state index in [0.29, 0.717) is 25.6 Å². The second-order valence-corrected chi connectivity index (χ2v) is 6.46. The van der Waals surface area contributed by atoms with Gasteiger partial charge in [0.1, 0.15) is 24.0 Å². The first kappa shape index (κ1) is 21.3. The third-order valence-electron chi connectivity index (χ3n) is 4.14. The topological polar surface area (TPSA) is 58.6 Å². The lowest BCUT2D eigenvalue weighted by atomic mass is 10.2. The Bertz CT molecular complexity index is 827. The van der Waals surface area contributed by atoms with Crippen LogP contribution in [0, 0.1) is 18.6 Å². The maximum Gasteiger partial charge on any atom is 0.254 e. The summed E-state index contributed by atoms with van der Waals surface area (Å²) in [5.41, 5.74) is 0.877. The minimum atomic E-state index is -0.915. The van der Waals surface area contributed by atoms with Crippen LogP contribution in [-0.4, -0.2) is 43.5 Å². The maximum absolute atomic E-state index is 13.5. The van der Waals surface area contributed by atoms with Crippen molar-refractivity contribution in [3.63, 3.8) is 0 Å². The largest absolute Gasteiger partial charge is 0.492 e. The van der Waals surface area contributed by atoms with Crippen LogP contribution in [0.3, 0.4) is 0 Å². The molecule has 28 heavy (non-hydrogen) atoms. The third kappa shape index (κ3) is 6.64. The number of amides is 2. The van der Waals surface area contributed by atoms with Gasteiger partial charge in [0.15, 0.2) is 0 Å². The van der Waals surface area contributed by atoms with Crippen molar-refractivity contribution in [2.45, 2.75) is 19.8 Å². The summed E-state index contributed by atoms with van der Waals surface area (Å²) >= 11 is 0. The van der Waals surface area contributed by atoms with Crippen molar-refractivity contribution in [2.75, 3.05) is 26.7 Å². The Labute approximate surface area is 163 Å². The molecule has 0 aromatic heterocycles. The molecule has 2 rings (SSSR count). The van der Waals surface area contributed by atoms with E-state index >= 15 is 0 Å². The number of carbonyl (C=O) groups excluding carboxylic acids is 2. The molecule has 0 atom stereocenters. The molecule has 0 aliphatic carbocycles. The molecule has 0 heterocycles. The first-order chi connectivity index (χ1) is 13.4. The lowest BCUT2D eigenvalue weighted by molar-refractivity contribution is -0.130. The van der Waals surface area contributed by atoms with Gasteiger partial charge >= 0.3 is 0 Å². The molecule has 2 amide bonds. The highest BCUT2D eigenvalue weighted by Crippen LogP contribution is 2.12. The standard InChI is InChI=1S/C21H24F2N2O3/c1-15-5-3-6-17(13-15)28-12-11-25(2)20(26)7-4-10-24-21(27)18-9-8-16(22)14-19(18)23/h3,5-6,8-9,13-14H,4,7,10-12H2,1-2H3,(H,24,27). The van der Waals surface area contributed by atoms with Crippen molar-refractivity contribution >= 4 is 11.8 Å². The van der Waals surface area contributed by atoms with Gasteiger partial charge in [-0.25, -0.2) is 8.78 Å². The van der Waals surface area contributed by atoms with E-state index in [-0.39, 0.29) is 24.4 Å². The molecule has 0 aliphatic heterocycles. The number of aryl methyl sites for hydroxylation is 1. The number of hydrogen-bond acceptors (Lipinski definition) is 3. The van der Waals surface area contributed by atoms with Crippen LogP contribution in [0.15, 0.2) is 42.5 Å². The van der Waals surface area contributed by atoms with E-state index in [1.54, 1.807) is 11.9 Å². The highest BCUT2D eigenvalue weighted by molar-refractivity contribution is 5.94. The molecule has 150 valence electrons. The maximum atomic E-state index is 13.5. The second-order valence-electron chi connectivity index (χ2n) is 6.46. The molecule has 2 aromatic rings. The molecule has 1 N–H and O–H groups in total. The van der Waals surface area contributed by atoms with Gasteiger partial charge < -0.3 is 15.0 Å². The van der Waals surface area contributed by atoms with Crippen molar-refractivity contribution in [2.24, 2.45) is 0 Å². The molecule has 2 aromatic carbocycles. The predicted octanol–water partition coefficient (Wildman–Crippen LogP) is 3.32. The van der Waals surface area contributed by atoms with Gasteiger partial charge in [-0.2, -0.15) is 0 Å². The Morgan fingerprint density at radius 2 is 1.93 bits per heavy atom. The van der Waals surface area contributed by atoms with Crippen LogP contribution < -0.4 is 10.1 Å². The Morgan fingerprint density at radius 3 is 2.64 bits per heavy atom. The number of carbonyl (C=O) groups is 2. The van der Waals surface area contributed by atoms with Gasteiger partial charge in [0, 0.05) is 26.1 Å². The summed E-state index contributed by atoms with van der Waals surface area (Å²) in [6.07, 6.45) is 0.656. The van der Waals surface area contributed by atoms with Gasteiger partial charge in [-0.3, -0.25) is 9.59 Å². The Kier molecular flexibility index (Phi) is 7.92. The summed E-state index contributed by atoms with van der Waals surface area (Å²) in [5, 5.41) is 2.53. The SMILES string of the molecule is Cc1cccc(OCCN(C)C(=O)CCCNC(=O)c2ccc(F)cc2F)c1. The predicted molar refractivity (Wildman–Crippen MR) is 102 cm³/mol. The lowest BCUT2D eigenvalue weighted by Gasteiger charge is -2.17. The van der Waals surface area contributed by atoms with Crippen molar-refractivity contribution in [1.29, 1.82) is 0 Å². The normalized spacial score (nSPS) is 10.4. The summed E-state index contributed by atoms with van der Waals surface area (Å²) in [5.74, 6) is -1.60. The van der Waals surface area contributed by atoms with E-state index in [1.807, 2.05) is 31.2 Å². The molecule has 0 unspecified atom stereocenters. The summed E-state index contributed by atoms with van der Waals surface area (Å²) in [6, 6.07) is 10.4. The zero-order chi connectivity index (χ0) is 20.5. The van der Waals surface area contributed by atoms with Crippen LogP contribution in [-0.2, 0) is 4.79 Å². The molecule has 5 nitrogen and oxygen atoms in total. The number of hydrogen-bond donors (Lipinski definition) is 1. The van der Waals surface area contributed by atoms with Crippen molar-refractivity contribution in [3.05, 3.63) is 65.2 Å². The number of benzene rings is 2. The summed E-state index contributed by atoms with van der Waals surface area (Å²) in [4.78, 5) is 25.5. The smallest absolute Gasteiger partial charge is 0.254 e. The first-order valence-electron chi connectivity index (χ1n) is 9.03.